The molecule has 0 aliphatic heterocycles. The summed E-state index contributed by atoms with van der Waals surface area (Å²) in [6.07, 6.45) is 3.46. The first-order valence-corrected chi connectivity index (χ1v) is 8.76. The zero-order valence-electron chi connectivity index (χ0n) is 15.2. The van der Waals surface area contributed by atoms with Crippen LogP contribution in [0.1, 0.15) is 16.8 Å². The third-order valence-electron chi connectivity index (χ3n) is 4.29. The summed E-state index contributed by atoms with van der Waals surface area (Å²) in [5, 5.41) is 19.5. The minimum Gasteiger partial charge on any atom is -0.348 e. The fourth-order valence-electron chi connectivity index (χ4n) is 2.89. The van der Waals surface area contributed by atoms with E-state index in [0.29, 0.717) is 18.1 Å². The average Bonchev–Trinajstić information content (AvgIpc) is 3.22. The number of anilines is 1. The standard InChI is InChI=1S/C21H17N7/c1-14-10-15(12-22)5-6-17(14)18-7-9-24-21(26-18)25-13-16-11-20(28-27-16)19-4-2-3-8-23-19/h2-11H,13H2,1H3,(H,27,28)(H,24,25,26). The van der Waals surface area contributed by atoms with Crippen molar-refractivity contribution in [2.24, 2.45) is 0 Å². The van der Waals surface area contributed by atoms with Crippen LogP contribution in [0.4, 0.5) is 5.95 Å². The lowest BCUT2D eigenvalue weighted by Gasteiger charge is -2.08. The highest BCUT2D eigenvalue weighted by atomic mass is 15.2. The minimum absolute atomic E-state index is 0.485. The molecular formula is C21H17N7. The van der Waals surface area contributed by atoms with Gasteiger partial charge in [0.1, 0.15) is 0 Å². The summed E-state index contributed by atoms with van der Waals surface area (Å²) in [5.41, 5.74) is 5.95. The average molecular weight is 367 g/mol. The largest absolute Gasteiger partial charge is 0.348 e. The molecule has 4 aromatic rings. The normalized spacial score (nSPS) is 10.4. The fourth-order valence-corrected chi connectivity index (χ4v) is 2.89. The number of hydrogen-bond acceptors (Lipinski definition) is 6. The molecule has 2 N–H and O–H groups in total. The zero-order valence-corrected chi connectivity index (χ0v) is 15.2. The Balaban J connectivity index is 1.49. The van der Waals surface area contributed by atoms with Crippen LogP contribution < -0.4 is 5.32 Å². The quantitative estimate of drug-likeness (QED) is 0.557. The van der Waals surface area contributed by atoms with Crippen LogP contribution in [0.3, 0.4) is 0 Å². The predicted octanol–water partition coefficient (Wildman–Crippen LogP) is 3.72. The van der Waals surface area contributed by atoms with E-state index in [1.165, 1.54) is 0 Å². The van der Waals surface area contributed by atoms with Gasteiger partial charge in [-0.2, -0.15) is 10.4 Å². The molecule has 0 aliphatic carbocycles. The lowest BCUT2D eigenvalue weighted by atomic mass is 10.0. The number of aryl methyl sites for hydroxylation is 1. The number of aromatic nitrogens is 5. The molecule has 136 valence electrons. The van der Waals surface area contributed by atoms with Crippen LogP contribution in [-0.2, 0) is 6.54 Å². The molecule has 0 amide bonds. The second-order valence-corrected chi connectivity index (χ2v) is 6.25. The Labute approximate surface area is 162 Å². The number of aromatic amines is 1. The second kappa shape index (κ2) is 7.68. The second-order valence-electron chi connectivity index (χ2n) is 6.25. The maximum absolute atomic E-state index is 9.02. The highest BCUT2D eigenvalue weighted by Crippen LogP contribution is 2.23. The van der Waals surface area contributed by atoms with Crippen molar-refractivity contribution in [1.29, 1.82) is 5.26 Å². The van der Waals surface area contributed by atoms with Crippen molar-refractivity contribution in [2.45, 2.75) is 13.5 Å². The number of nitrogens with one attached hydrogen (secondary N) is 2. The first kappa shape index (κ1) is 17.4. The SMILES string of the molecule is Cc1cc(C#N)ccc1-c1ccnc(NCc2cc(-c3ccccn3)[nH]n2)n1. The molecule has 4 rings (SSSR count). The van der Waals surface area contributed by atoms with E-state index < -0.39 is 0 Å². The Bertz CT molecular complexity index is 1140. The molecule has 3 aromatic heterocycles. The Kier molecular flexibility index (Phi) is 4.76. The summed E-state index contributed by atoms with van der Waals surface area (Å²) < 4.78 is 0. The van der Waals surface area contributed by atoms with E-state index in [1.807, 2.05) is 49.4 Å². The molecule has 7 heteroatoms. The fraction of sp³-hybridized carbons (Fsp3) is 0.0952. The van der Waals surface area contributed by atoms with Crippen molar-refractivity contribution in [3.05, 3.63) is 77.7 Å². The maximum atomic E-state index is 9.02. The van der Waals surface area contributed by atoms with Gasteiger partial charge in [-0.1, -0.05) is 12.1 Å². The molecule has 0 spiro atoms. The molecule has 0 unspecified atom stereocenters. The molecule has 0 aliphatic rings. The maximum Gasteiger partial charge on any atom is 0.223 e. The zero-order chi connectivity index (χ0) is 19.3. The predicted molar refractivity (Wildman–Crippen MR) is 106 cm³/mol. The molecular weight excluding hydrogens is 350 g/mol. The van der Waals surface area contributed by atoms with E-state index in [9.17, 15) is 0 Å². The summed E-state index contributed by atoms with van der Waals surface area (Å²) in [6.45, 7) is 2.45. The summed E-state index contributed by atoms with van der Waals surface area (Å²) in [6, 6.07) is 17.3. The van der Waals surface area contributed by atoms with Crippen molar-refractivity contribution in [1.82, 2.24) is 25.1 Å². The Hall–Kier alpha value is -4.05. The van der Waals surface area contributed by atoms with Crippen LogP contribution in [0.25, 0.3) is 22.6 Å². The molecule has 0 saturated heterocycles. The van der Waals surface area contributed by atoms with E-state index in [2.05, 4.69) is 36.5 Å². The molecule has 0 radical (unpaired) electrons. The summed E-state index contributed by atoms with van der Waals surface area (Å²) in [5.74, 6) is 0.517. The first-order valence-electron chi connectivity index (χ1n) is 8.76. The summed E-state index contributed by atoms with van der Waals surface area (Å²) in [4.78, 5) is 13.2. The topological polar surface area (TPSA) is 103 Å². The molecule has 0 fully saturated rings. The van der Waals surface area contributed by atoms with E-state index in [0.717, 1.165) is 33.9 Å². The van der Waals surface area contributed by atoms with Gasteiger partial charge in [-0.3, -0.25) is 10.1 Å². The number of nitrogens with zero attached hydrogens (tertiary/aromatic N) is 5. The van der Waals surface area contributed by atoms with Gasteiger partial charge < -0.3 is 5.32 Å². The van der Waals surface area contributed by atoms with Gasteiger partial charge in [0.2, 0.25) is 5.95 Å². The Morgan fingerprint density at radius 3 is 2.75 bits per heavy atom. The van der Waals surface area contributed by atoms with Crippen LogP contribution in [0, 0.1) is 18.3 Å². The van der Waals surface area contributed by atoms with Gasteiger partial charge >= 0.3 is 0 Å². The van der Waals surface area contributed by atoms with Crippen molar-refractivity contribution in [3.63, 3.8) is 0 Å². The van der Waals surface area contributed by atoms with Crippen molar-refractivity contribution in [2.75, 3.05) is 5.32 Å². The summed E-state index contributed by atoms with van der Waals surface area (Å²) in [7, 11) is 0. The monoisotopic (exact) mass is 367 g/mol. The van der Waals surface area contributed by atoms with Gasteiger partial charge in [0.25, 0.3) is 0 Å². The van der Waals surface area contributed by atoms with Crippen molar-refractivity contribution >= 4 is 5.95 Å². The minimum atomic E-state index is 0.485. The summed E-state index contributed by atoms with van der Waals surface area (Å²) >= 11 is 0. The highest BCUT2D eigenvalue weighted by molar-refractivity contribution is 5.65. The molecule has 28 heavy (non-hydrogen) atoms. The lowest BCUT2D eigenvalue weighted by molar-refractivity contribution is 0.962. The first-order chi connectivity index (χ1) is 13.7. The van der Waals surface area contributed by atoms with Gasteiger partial charge in [-0.15, -0.1) is 0 Å². The third kappa shape index (κ3) is 3.71. The number of H-pyrrole nitrogens is 1. The number of benzene rings is 1. The van der Waals surface area contributed by atoms with Crippen LogP contribution in [0.5, 0.6) is 0 Å². The molecule has 0 bridgehead atoms. The van der Waals surface area contributed by atoms with Gasteiger partial charge in [0.15, 0.2) is 0 Å². The number of hydrogen-bond donors (Lipinski definition) is 2. The van der Waals surface area contributed by atoms with E-state index in [4.69, 9.17) is 5.26 Å². The van der Waals surface area contributed by atoms with Gasteiger partial charge in [0, 0.05) is 18.0 Å². The van der Waals surface area contributed by atoms with E-state index in [-0.39, 0.29) is 0 Å². The van der Waals surface area contributed by atoms with Crippen LogP contribution in [0.2, 0.25) is 0 Å². The number of pyridine rings is 1. The molecule has 0 atom stereocenters. The van der Waals surface area contributed by atoms with E-state index >= 15 is 0 Å². The van der Waals surface area contributed by atoms with Crippen LogP contribution in [0.15, 0.2) is 60.9 Å². The van der Waals surface area contributed by atoms with Crippen LogP contribution >= 0.6 is 0 Å². The van der Waals surface area contributed by atoms with Gasteiger partial charge in [-0.05, 0) is 48.9 Å². The highest BCUT2D eigenvalue weighted by Gasteiger charge is 2.08. The third-order valence-corrected chi connectivity index (χ3v) is 4.29. The smallest absolute Gasteiger partial charge is 0.223 e. The van der Waals surface area contributed by atoms with Crippen molar-refractivity contribution in [3.8, 4) is 28.7 Å². The molecule has 3 heterocycles. The molecule has 1 aromatic carbocycles. The molecule has 0 saturated carbocycles. The van der Waals surface area contributed by atoms with Gasteiger partial charge in [-0.25, -0.2) is 9.97 Å². The Morgan fingerprint density at radius 2 is 1.96 bits per heavy atom. The lowest BCUT2D eigenvalue weighted by Crippen LogP contribution is -2.04. The van der Waals surface area contributed by atoms with Gasteiger partial charge in [0.05, 0.1) is 41.0 Å². The Morgan fingerprint density at radius 1 is 1.04 bits per heavy atom. The van der Waals surface area contributed by atoms with Crippen LogP contribution in [-0.4, -0.2) is 25.1 Å². The van der Waals surface area contributed by atoms with E-state index in [1.54, 1.807) is 18.5 Å². The molecule has 7 nitrogen and oxygen atoms in total. The number of nitriles is 1. The van der Waals surface area contributed by atoms with Crippen molar-refractivity contribution < 1.29 is 0 Å². The number of rotatable bonds is 5.